The first-order valence-electron chi connectivity index (χ1n) is 10.3. The average Bonchev–Trinajstić information content (AvgIpc) is 3.19. The van der Waals surface area contributed by atoms with Gasteiger partial charge in [0.25, 0.3) is 0 Å². The number of piperazine rings is 1. The van der Waals surface area contributed by atoms with E-state index in [4.69, 9.17) is 4.42 Å². The second kappa shape index (κ2) is 8.38. The van der Waals surface area contributed by atoms with E-state index in [1.807, 2.05) is 4.90 Å². The van der Waals surface area contributed by atoms with Crippen molar-refractivity contribution in [3.05, 3.63) is 30.0 Å². The number of hydrogen-bond donors (Lipinski definition) is 0. The molecule has 30 heavy (non-hydrogen) atoms. The molecule has 2 fully saturated rings. The molecule has 4 rings (SSSR count). The SMILES string of the molecule is CC1CCCN(S(=O)(=O)c2ccc(-c3nc(C#N)c(N4CCN(C)CC4)o3)cc2)C1. The number of anilines is 1. The lowest BCUT2D eigenvalue weighted by Crippen LogP contribution is -2.44. The summed E-state index contributed by atoms with van der Waals surface area (Å²) in [7, 11) is -1.44. The number of rotatable bonds is 4. The molecule has 0 amide bonds. The van der Waals surface area contributed by atoms with E-state index < -0.39 is 10.0 Å². The number of sulfonamides is 1. The number of nitrogens with zero attached hydrogens (tertiary/aromatic N) is 5. The van der Waals surface area contributed by atoms with Gasteiger partial charge in [-0.05, 0) is 50.1 Å². The summed E-state index contributed by atoms with van der Waals surface area (Å²) >= 11 is 0. The molecule has 0 N–H and O–H groups in total. The lowest BCUT2D eigenvalue weighted by atomic mass is 10.0. The summed E-state index contributed by atoms with van der Waals surface area (Å²) in [5, 5.41) is 9.48. The standard InChI is InChI=1S/C21H27N5O3S/c1-16-4-3-9-26(15-16)30(27,28)18-7-5-17(6-8-18)20-23-19(14-22)21(29-20)25-12-10-24(2)11-13-25/h5-8,16H,3-4,9-13,15H2,1-2H3. The zero-order chi connectivity index (χ0) is 21.3. The smallest absolute Gasteiger partial charge is 0.243 e. The first-order valence-corrected chi connectivity index (χ1v) is 11.8. The summed E-state index contributed by atoms with van der Waals surface area (Å²) < 4.78 is 33.4. The van der Waals surface area contributed by atoms with Gasteiger partial charge in [0, 0.05) is 44.8 Å². The topological polar surface area (TPSA) is 93.7 Å². The van der Waals surface area contributed by atoms with Gasteiger partial charge in [-0.2, -0.15) is 14.6 Å². The Morgan fingerprint density at radius 2 is 1.83 bits per heavy atom. The van der Waals surface area contributed by atoms with Crippen LogP contribution in [0, 0.1) is 17.2 Å². The van der Waals surface area contributed by atoms with Crippen LogP contribution in [0.25, 0.3) is 11.5 Å². The third-order valence-electron chi connectivity index (χ3n) is 5.86. The molecule has 1 unspecified atom stereocenters. The van der Waals surface area contributed by atoms with Crippen LogP contribution >= 0.6 is 0 Å². The monoisotopic (exact) mass is 429 g/mol. The van der Waals surface area contributed by atoms with Crippen LogP contribution in [0.3, 0.4) is 0 Å². The highest BCUT2D eigenvalue weighted by Crippen LogP contribution is 2.30. The van der Waals surface area contributed by atoms with Crippen LogP contribution in [0.5, 0.6) is 0 Å². The van der Waals surface area contributed by atoms with E-state index in [1.165, 1.54) is 0 Å². The van der Waals surface area contributed by atoms with Gasteiger partial charge in [0.05, 0.1) is 4.90 Å². The zero-order valence-corrected chi connectivity index (χ0v) is 18.2. The third kappa shape index (κ3) is 4.08. The van der Waals surface area contributed by atoms with Crippen LogP contribution in [0.2, 0.25) is 0 Å². The second-order valence-electron chi connectivity index (χ2n) is 8.21. The van der Waals surface area contributed by atoms with Crippen LogP contribution in [-0.4, -0.2) is 68.9 Å². The van der Waals surface area contributed by atoms with Crippen LogP contribution in [0.4, 0.5) is 5.88 Å². The molecular formula is C21H27N5O3S. The minimum Gasteiger partial charge on any atom is -0.419 e. The van der Waals surface area contributed by atoms with Gasteiger partial charge < -0.3 is 14.2 Å². The Kier molecular flexibility index (Phi) is 5.82. The maximum absolute atomic E-state index is 13.0. The van der Waals surface area contributed by atoms with Gasteiger partial charge >= 0.3 is 0 Å². The number of aromatic nitrogens is 1. The van der Waals surface area contributed by atoms with Gasteiger partial charge in [-0.3, -0.25) is 0 Å². The van der Waals surface area contributed by atoms with Crippen molar-refractivity contribution in [1.29, 1.82) is 5.26 Å². The van der Waals surface area contributed by atoms with E-state index in [9.17, 15) is 13.7 Å². The maximum atomic E-state index is 13.0. The van der Waals surface area contributed by atoms with Gasteiger partial charge in [-0.1, -0.05) is 6.92 Å². The number of nitriles is 1. The average molecular weight is 430 g/mol. The summed E-state index contributed by atoms with van der Waals surface area (Å²) in [4.78, 5) is 8.87. The van der Waals surface area contributed by atoms with Crippen LogP contribution in [0.15, 0.2) is 33.6 Å². The molecule has 0 spiro atoms. The first kappa shape index (κ1) is 20.8. The molecule has 8 nitrogen and oxygen atoms in total. The van der Waals surface area contributed by atoms with E-state index in [0.717, 1.165) is 39.0 Å². The molecule has 0 bridgehead atoms. The molecule has 2 saturated heterocycles. The van der Waals surface area contributed by atoms with E-state index >= 15 is 0 Å². The van der Waals surface area contributed by atoms with Crippen molar-refractivity contribution in [3.63, 3.8) is 0 Å². The number of oxazole rings is 1. The molecule has 3 heterocycles. The van der Waals surface area contributed by atoms with Gasteiger partial charge in [0.1, 0.15) is 6.07 Å². The number of piperidine rings is 1. The predicted octanol–water partition coefficient (Wildman–Crippen LogP) is 2.39. The summed E-state index contributed by atoms with van der Waals surface area (Å²) in [6.07, 6.45) is 1.95. The van der Waals surface area contributed by atoms with E-state index in [2.05, 4.69) is 29.9 Å². The fraction of sp³-hybridized carbons (Fsp3) is 0.524. The lowest BCUT2D eigenvalue weighted by molar-refractivity contribution is 0.281. The Bertz CT molecular complexity index is 1030. The second-order valence-corrected chi connectivity index (χ2v) is 10.1. The van der Waals surface area contributed by atoms with Crippen molar-refractivity contribution in [2.75, 3.05) is 51.2 Å². The molecule has 2 aliphatic heterocycles. The Morgan fingerprint density at radius 1 is 1.13 bits per heavy atom. The fourth-order valence-corrected chi connectivity index (χ4v) is 5.61. The molecule has 1 atom stereocenters. The molecule has 0 saturated carbocycles. The lowest BCUT2D eigenvalue weighted by Gasteiger charge is -2.31. The number of hydrogen-bond acceptors (Lipinski definition) is 7. The van der Waals surface area contributed by atoms with E-state index in [-0.39, 0.29) is 10.6 Å². The van der Waals surface area contributed by atoms with E-state index in [0.29, 0.717) is 36.3 Å². The molecule has 9 heteroatoms. The minimum absolute atomic E-state index is 0.258. The zero-order valence-electron chi connectivity index (χ0n) is 17.4. The Balaban J connectivity index is 1.56. The fourth-order valence-electron chi connectivity index (χ4n) is 4.02. The molecule has 1 aromatic carbocycles. The van der Waals surface area contributed by atoms with Gasteiger partial charge in [0.2, 0.25) is 27.5 Å². The van der Waals surface area contributed by atoms with Gasteiger partial charge in [0.15, 0.2) is 0 Å². The van der Waals surface area contributed by atoms with Crippen molar-refractivity contribution in [2.45, 2.75) is 24.7 Å². The highest BCUT2D eigenvalue weighted by molar-refractivity contribution is 7.89. The minimum atomic E-state index is -3.51. The van der Waals surface area contributed by atoms with Crippen molar-refractivity contribution < 1.29 is 12.8 Å². The molecular weight excluding hydrogens is 402 g/mol. The molecule has 0 radical (unpaired) electrons. The van der Waals surface area contributed by atoms with Crippen LogP contribution in [0.1, 0.15) is 25.5 Å². The van der Waals surface area contributed by atoms with E-state index in [1.54, 1.807) is 28.6 Å². The van der Waals surface area contributed by atoms with Crippen LogP contribution < -0.4 is 4.90 Å². The first-order chi connectivity index (χ1) is 14.4. The summed E-state index contributed by atoms with van der Waals surface area (Å²) in [5.41, 5.74) is 0.909. The van der Waals surface area contributed by atoms with Crippen molar-refractivity contribution in [2.24, 2.45) is 5.92 Å². The highest BCUT2D eigenvalue weighted by Gasteiger charge is 2.29. The maximum Gasteiger partial charge on any atom is 0.243 e. The third-order valence-corrected chi connectivity index (χ3v) is 7.74. The van der Waals surface area contributed by atoms with Crippen molar-refractivity contribution >= 4 is 15.9 Å². The molecule has 2 aromatic rings. The molecule has 160 valence electrons. The normalized spacial score (nSPS) is 21.5. The number of likely N-dealkylation sites (N-methyl/N-ethyl adjacent to an activating group) is 1. The Morgan fingerprint density at radius 3 is 2.47 bits per heavy atom. The summed E-state index contributed by atoms with van der Waals surface area (Å²) in [6.45, 7) is 6.53. The summed E-state index contributed by atoms with van der Waals surface area (Å²) in [6, 6.07) is 8.69. The molecule has 1 aromatic heterocycles. The molecule has 2 aliphatic rings. The Labute approximate surface area is 177 Å². The highest BCUT2D eigenvalue weighted by atomic mass is 32.2. The largest absolute Gasteiger partial charge is 0.419 e. The van der Waals surface area contributed by atoms with Gasteiger partial charge in [-0.25, -0.2) is 8.42 Å². The van der Waals surface area contributed by atoms with Crippen LogP contribution in [-0.2, 0) is 10.0 Å². The predicted molar refractivity (Wildman–Crippen MR) is 114 cm³/mol. The Hall–Kier alpha value is -2.41. The number of benzene rings is 1. The van der Waals surface area contributed by atoms with Gasteiger partial charge in [-0.15, -0.1) is 0 Å². The molecule has 0 aliphatic carbocycles. The summed E-state index contributed by atoms with van der Waals surface area (Å²) in [5.74, 6) is 1.19. The quantitative estimate of drug-likeness (QED) is 0.736. The van der Waals surface area contributed by atoms with Crippen molar-refractivity contribution in [3.8, 4) is 17.5 Å². The van der Waals surface area contributed by atoms with Crippen molar-refractivity contribution in [1.82, 2.24) is 14.2 Å².